The molecule has 0 saturated heterocycles. The van der Waals surface area contributed by atoms with Crippen LogP contribution in [0.3, 0.4) is 0 Å². The van der Waals surface area contributed by atoms with E-state index in [9.17, 15) is 29.4 Å². The highest BCUT2D eigenvalue weighted by molar-refractivity contribution is 7.80. The van der Waals surface area contributed by atoms with Gasteiger partial charge < -0.3 is 43.4 Å². The third kappa shape index (κ3) is 10.9. The molecule has 0 bridgehead atoms. The summed E-state index contributed by atoms with van der Waals surface area (Å²) >= 11 is 3.93. The van der Waals surface area contributed by atoms with Crippen LogP contribution < -0.4 is 33.2 Å². The minimum atomic E-state index is -1.29. The fourth-order valence-electron chi connectivity index (χ4n) is 3.05. The second-order valence-electron chi connectivity index (χ2n) is 8.11. The van der Waals surface area contributed by atoms with Crippen LogP contribution in [0.2, 0.25) is 0 Å². The summed E-state index contributed by atoms with van der Waals surface area (Å²) in [4.78, 5) is 53.7. The Labute approximate surface area is 214 Å². The van der Waals surface area contributed by atoms with E-state index in [1.165, 1.54) is 6.92 Å². The topological polar surface area (TPSA) is 235 Å². The highest BCUT2D eigenvalue weighted by Gasteiger charge is 2.30. The van der Waals surface area contributed by atoms with Crippen molar-refractivity contribution in [3.05, 3.63) is 35.9 Å². The van der Waals surface area contributed by atoms with Crippen LogP contribution in [0.1, 0.15) is 25.3 Å². The van der Waals surface area contributed by atoms with Crippen molar-refractivity contribution in [3.8, 4) is 0 Å². The van der Waals surface area contributed by atoms with Gasteiger partial charge in [-0.15, -0.1) is 0 Å². The number of aliphatic imine (C=N–C) groups is 1. The van der Waals surface area contributed by atoms with Gasteiger partial charge in [-0.25, -0.2) is 4.79 Å². The molecule has 0 aliphatic rings. The van der Waals surface area contributed by atoms with Crippen molar-refractivity contribution in [2.75, 3.05) is 12.3 Å². The van der Waals surface area contributed by atoms with Crippen molar-refractivity contribution in [1.82, 2.24) is 16.0 Å². The van der Waals surface area contributed by atoms with E-state index in [-0.39, 0.29) is 37.5 Å². The summed E-state index contributed by atoms with van der Waals surface area (Å²) in [6.07, 6.45) is -0.722. The van der Waals surface area contributed by atoms with Gasteiger partial charge in [-0.1, -0.05) is 30.3 Å². The maximum atomic E-state index is 13.2. The zero-order chi connectivity index (χ0) is 27.3. The van der Waals surface area contributed by atoms with Crippen LogP contribution in [-0.2, 0) is 25.6 Å². The number of amides is 3. The minimum absolute atomic E-state index is 0.0711. The van der Waals surface area contributed by atoms with Gasteiger partial charge in [0.2, 0.25) is 17.7 Å². The van der Waals surface area contributed by atoms with Gasteiger partial charge in [0.05, 0.1) is 6.10 Å². The fourth-order valence-corrected chi connectivity index (χ4v) is 3.30. The molecule has 1 rings (SSSR count). The van der Waals surface area contributed by atoms with Crippen molar-refractivity contribution >= 4 is 42.3 Å². The van der Waals surface area contributed by atoms with Crippen molar-refractivity contribution in [2.45, 2.75) is 56.5 Å². The van der Waals surface area contributed by atoms with E-state index in [1.54, 1.807) is 30.3 Å². The highest BCUT2D eigenvalue weighted by atomic mass is 32.1. The number of guanidine groups is 1. The Hall–Kier alpha value is -3.36. The lowest BCUT2D eigenvalue weighted by molar-refractivity contribution is -0.141. The van der Waals surface area contributed by atoms with Gasteiger partial charge >= 0.3 is 5.97 Å². The average molecular weight is 526 g/mol. The Kier molecular flexibility index (Phi) is 13.3. The summed E-state index contributed by atoms with van der Waals surface area (Å²) in [5.41, 5.74) is 17.0. The number of nitrogens with zero attached hydrogens (tertiary/aromatic N) is 1. The number of nitrogens with one attached hydrogen (secondary N) is 3. The van der Waals surface area contributed by atoms with E-state index in [0.29, 0.717) is 0 Å². The van der Waals surface area contributed by atoms with Crippen molar-refractivity contribution < 1.29 is 29.4 Å². The maximum Gasteiger partial charge on any atom is 0.327 e. The lowest BCUT2D eigenvalue weighted by Crippen LogP contribution is -2.58. The predicted molar refractivity (Wildman–Crippen MR) is 137 cm³/mol. The molecule has 13 nitrogen and oxygen atoms in total. The number of hydrogen-bond donors (Lipinski definition) is 9. The Morgan fingerprint density at radius 2 is 1.53 bits per heavy atom. The quantitative estimate of drug-likeness (QED) is 0.0507. The van der Waals surface area contributed by atoms with E-state index in [0.717, 1.165) is 5.56 Å². The van der Waals surface area contributed by atoms with Crippen LogP contribution in [0.5, 0.6) is 0 Å². The Bertz CT molecular complexity index is 911. The molecule has 1 aromatic carbocycles. The largest absolute Gasteiger partial charge is 0.480 e. The van der Waals surface area contributed by atoms with Crippen molar-refractivity contribution in [1.29, 1.82) is 0 Å². The molecular formula is C22H35N7O6S. The van der Waals surface area contributed by atoms with Gasteiger partial charge in [-0.2, -0.15) is 12.6 Å². The summed E-state index contributed by atoms with van der Waals surface area (Å²) in [7, 11) is 0. The highest BCUT2D eigenvalue weighted by Crippen LogP contribution is 2.07. The number of thiol groups is 1. The summed E-state index contributed by atoms with van der Waals surface area (Å²) in [5.74, 6) is -3.80. The van der Waals surface area contributed by atoms with Crippen LogP contribution in [0.25, 0.3) is 0 Å². The Morgan fingerprint density at radius 3 is 2.06 bits per heavy atom. The molecule has 0 heterocycles. The molecule has 3 amide bonds. The van der Waals surface area contributed by atoms with E-state index in [2.05, 4.69) is 33.6 Å². The van der Waals surface area contributed by atoms with Gasteiger partial charge in [-0.05, 0) is 25.3 Å². The third-order valence-electron chi connectivity index (χ3n) is 5.11. The Morgan fingerprint density at radius 1 is 0.972 bits per heavy atom. The van der Waals surface area contributed by atoms with Gasteiger partial charge in [0, 0.05) is 18.7 Å². The molecule has 0 spiro atoms. The number of carbonyl (C=O) groups is 4. The molecule has 0 saturated carbocycles. The van der Waals surface area contributed by atoms with Crippen LogP contribution in [-0.4, -0.2) is 82.4 Å². The average Bonchev–Trinajstić information content (AvgIpc) is 2.83. The molecule has 1 aromatic rings. The number of aliphatic hydroxyl groups excluding tert-OH is 1. The third-order valence-corrected chi connectivity index (χ3v) is 5.48. The second-order valence-corrected chi connectivity index (χ2v) is 8.47. The predicted octanol–water partition coefficient (Wildman–Crippen LogP) is -2.54. The van der Waals surface area contributed by atoms with Crippen molar-refractivity contribution in [3.63, 3.8) is 0 Å². The molecule has 0 aromatic heterocycles. The zero-order valence-corrected chi connectivity index (χ0v) is 20.9. The van der Waals surface area contributed by atoms with Crippen LogP contribution in [0.4, 0.5) is 0 Å². The second kappa shape index (κ2) is 15.6. The molecule has 36 heavy (non-hydrogen) atoms. The maximum absolute atomic E-state index is 13.2. The number of rotatable bonds is 15. The van der Waals surface area contributed by atoms with E-state index < -0.39 is 54.0 Å². The summed E-state index contributed by atoms with van der Waals surface area (Å²) in [5, 5.41) is 26.3. The number of carboxylic acid groups (broad SMARTS) is 1. The van der Waals surface area contributed by atoms with Gasteiger partial charge in [-0.3, -0.25) is 19.4 Å². The van der Waals surface area contributed by atoms with Gasteiger partial charge in [0.25, 0.3) is 0 Å². The number of aliphatic hydroxyl groups is 1. The molecule has 5 atom stereocenters. The van der Waals surface area contributed by atoms with Crippen molar-refractivity contribution in [2.24, 2.45) is 22.2 Å². The SMILES string of the molecule is CC(O)C(N)C(=O)NC(Cc1ccccc1)C(=O)NC(CCCN=C(N)N)C(=O)NC(CS)C(=O)O. The number of nitrogens with two attached hydrogens (primary N) is 3. The lowest BCUT2D eigenvalue weighted by atomic mass is 10.0. The molecule has 0 radical (unpaired) electrons. The number of carbonyl (C=O) groups excluding carboxylic acids is 3. The molecular weight excluding hydrogens is 490 g/mol. The molecule has 14 heteroatoms. The van der Waals surface area contributed by atoms with E-state index in [1.807, 2.05) is 0 Å². The smallest absolute Gasteiger partial charge is 0.327 e. The molecule has 0 aliphatic heterocycles. The van der Waals surface area contributed by atoms with Crippen LogP contribution in [0, 0.1) is 0 Å². The van der Waals surface area contributed by atoms with Crippen LogP contribution in [0.15, 0.2) is 35.3 Å². The number of benzene rings is 1. The first kappa shape index (κ1) is 30.7. The molecule has 0 aliphatic carbocycles. The zero-order valence-electron chi connectivity index (χ0n) is 20.0. The normalized spacial score (nSPS) is 14.9. The number of carboxylic acids is 1. The molecule has 11 N–H and O–H groups in total. The first-order valence-corrected chi connectivity index (χ1v) is 11.9. The fraction of sp³-hybridized carbons (Fsp3) is 0.500. The summed E-state index contributed by atoms with van der Waals surface area (Å²) < 4.78 is 0. The van der Waals surface area contributed by atoms with E-state index >= 15 is 0 Å². The summed E-state index contributed by atoms with van der Waals surface area (Å²) in [6, 6.07) is 3.97. The molecule has 200 valence electrons. The van der Waals surface area contributed by atoms with E-state index in [4.69, 9.17) is 17.2 Å². The number of aliphatic carboxylic acids is 1. The standard InChI is InChI=1S/C22H35N7O6S/c1-12(30)17(23)20(33)28-15(10-13-6-3-2-4-7-13)19(32)27-14(8-5-9-26-22(24)25)18(31)29-16(11-36)21(34)35/h2-4,6-7,12,14-17,30,36H,5,8-11,23H2,1H3,(H,27,32)(H,28,33)(H,29,31)(H,34,35)(H4,24,25,26). The Balaban J connectivity index is 3.11. The van der Waals surface area contributed by atoms with Crippen LogP contribution >= 0.6 is 12.6 Å². The van der Waals surface area contributed by atoms with Gasteiger partial charge in [0.1, 0.15) is 24.2 Å². The lowest BCUT2D eigenvalue weighted by Gasteiger charge is -2.25. The summed E-state index contributed by atoms with van der Waals surface area (Å²) in [6.45, 7) is 1.51. The minimum Gasteiger partial charge on any atom is -0.480 e. The molecule has 5 unspecified atom stereocenters. The monoisotopic (exact) mass is 525 g/mol. The number of hydrogen-bond acceptors (Lipinski definition) is 8. The first-order chi connectivity index (χ1) is 17.0. The van der Waals surface area contributed by atoms with Gasteiger partial charge in [0.15, 0.2) is 5.96 Å². The molecule has 0 fully saturated rings. The first-order valence-electron chi connectivity index (χ1n) is 11.2.